The van der Waals surface area contributed by atoms with Crippen molar-refractivity contribution < 1.29 is 5.11 Å². The zero-order chi connectivity index (χ0) is 13.2. The van der Waals surface area contributed by atoms with Gasteiger partial charge in [-0.2, -0.15) is 5.10 Å². The van der Waals surface area contributed by atoms with Gasteiger partial charge in [0.15, 0.2) is 0 Å². The first-order chi connectivity index (χ1) is 7.88. The molecule has 17 heavy (non-hydrogen) atoms. The molecule has 0 amide bonds. The van der Waals surface area contributed by atoms with E-state index in [4.69, 9.17) is 10.8 Å². The number of hydrogen-bond acceptors (Lipinski definition) is 4. The van der Waals surface area contributed by atoms with Gasteiger partial charge < -0.3 is 16.2 Å². The van der Waals surface area contributed by atoms with Gasteiger partial charge in [-0.15, -0.1) is 0 Å². The van der Waals surface area contributed by atoms with Gasteiger partial charge in [-0.3, -0.25) is 0 Å². The van der Waals surface area contributed by atoms with Crippen molar-refractivity contribution in [1.29, 1.82) is 0 Å². The van der Waals surface area contributed by atoms with E-state index < -0.39 is 0 Å². The molecular formula is C12H24N4O. The average Bonchev–Trinajstić information content (AvgIpc) is 2.56. The molecule has 1 aromatic rings. The van der Waals surface area contributed by atoms with E-state index in [1.165, 1.54) is 0 Å². The second kappa shape index (κ2) is 5.40. The molecule has 1 rings (SSSR count). The van der Waals surface area contributed by atoms with Crippen LogP contribution in [-0.2, 0) is 0 Å². The predicted molar refractivity (Wildman–Crippen MR) is 71.1 cm³/mol. The first-order valence-corrected chi connectivity index (χ1v) is 6.10. The maximum absolute atomic E-state index is 9.14. The molecule has 0 radical (unpaired) electrons. The van der Waals surface area contributed by atoms with E-state index in [0.29, 0.717) is 5.69 Å². The average molecular weight is 240 g/mol. The third kappa shape index (κ3) is 2.91. The highest BCUT2D eigenvalue weighted by Crippen LogP contribution is 2.26. The van der Waals surface area contributed by atoms with Crippen LogP contribution in [-0.4, -0.2) is 27.5 Å². The van der Waals surface area contributed by atoms with E-state index in [1.54, 1.807) is 0 Å². The van der Waals surface area contributed by atoms with Crippen LogP contribution in [0.5, 0.6) is 0 Å². The smallest absolute Gasteiger partial charge is 0.148 e. The van der Waals surface area contributed by atoms with Gasteiger partial charge >= 0.3 is 0 Å². The van der Waals surface area contributed by atoms with Gasteiger partial charge in [-0.1, -0.05) is 6.92 Å². The van der Waals surface area contributed by atoms with Crippen molar-refractivity contribution in [2.75, 3.05) is 17.7 Å². The van der Waals surface area contributed by atoms with Crippen LogP contribution in [0, 0.1) is 12.8 Å². The van der Waals surface area contributed by atoms with Crippen LogP contribution in [0.15, 0.2) is 0 Å². The highest BCUT2D eigenvalue weighted by Gasteiger charge is 2.18. The van der Waals surface area contributed by atoms with Crippen molar-refractivity contribution in [3.63, 3.8) is 0 Å². The van der Waals surface area contributed by atoms with Crippen molar-refractivity contribution in [3.8, 4) is 0 Å². The summed E-state index contributed by atoms with van der Waals surface area (Å²) in [6.45, 7) is 10.2. The van der Waals surface area contributed by atoms with Crippen LogP contribution < -0.4 is 11.1 Å². The fraction of sp³-hybridized carbons (Fsp3) is 0.750. The lowest BCUT2D eigenvalue weighted by atomic mass is 10.1. The number of aliphatic hydroxyl groups excluding tert-OH is 1. The SMILES string of the molecule is Cc1nn(C(C)C)c(NC(C)C(C)CO)c1N. The zero-order valence-electron chi connectivity index (χ0n) is 11.4. The Morgan fingerprint density at radius 3 is 2.41 bits per heavy atom. The lowest BCUT2D eigenvalue weighted by molar-refractivity contribution is 0.226. The number of hydrogen-bond donors (Lipinski definition) is 3. The standard InChI is InChI=1S/C12H24N4O/c1-7(2)16-12(11(13)10(5)15-16)14-9(4)8(3)6-17/h7-9,14,17H,6,13H2,1-5H3. The van der Waals surface area contributed by atoms with Gasteiger partial charge in [0.1, 0.15) is 5.82 Å². The normalized spacial score (nSPS) is 15.0. The van der Waals surface area contributed by atoms with E-state index in [2.05, 4.69) is 24.3 Å². The Bertz CT molecular complexity index is 373. The number of aromatic nitrogens is 2. The molecule has 0 aliphatic carbocycles. The predicted octanol–water partition coefficient (Wildman–Crippen LogP) is 1.78. The van der Waals surface area contributed by atoms with Crippen LogP contribution in [0.3, 0.4) is 0 Å². The molecule has 0 saturated carbocycles. The molecule has 0 fully saturated rings. The highest BCUT2D eigenvalue weighted by atomic mass is 16.3. The van der Waals surface area contributed by atoms with E-state index in [-0.39, 0.29) is 24.6 Å². The number of nitrogens with two attached hydrogens (primary N) is 1. The van der Waals surface area contributed by atoms with Crippen LogP contribution in [0.4, 0.5) is 11.5 Å². The number of anilines is 2. The Morgan fingerprint density at radius 2 is 1.94 bits per heavy atom. The summed E-state index contributed by atoms with van der Waals surface area (Å²) in [5.41, 5.74) is 7.55. The van der Waals surface area contributed by atoms with Gasteiger partial charge in [-0.25, -0.2) is 4.68 Å². The van der Waals surface area contributed by atoms with Gasteiger partial charge in [0.05, 0.1) is 11.4 Å². The largest absolute Gasteiger partial charge is 0.396 e. The Morgan fingerprint density at radius 1 is 1.35 bits per heavy atom. The minimum atomic E-state index is 0.149. The van der Waals surface area contributed by atoms with Crippen molar-refractivity contribution in [3.05, 3.63) is 5.69 Å². The monoisotopic (exact) mass is 240 g/mol. The number of rotatable bonds is 5. The van der Waals surface area contributed by atoms with E-state index in [9.17, 15) is 0 Å². The topological polar surface area (TPSA) is 76.1 Å². The number of aliphatic hydroxyl groups is 1. The summed E-state index contributed by atoms with van der Waals surface area (Å²) >= 11 is 0. The molecule has 0 bridgehead atoms. The molecule has 0 aromatic carbocycles. The van der Waals surface area contributed by atoms with Gasteiger partial charge in [-0.05, 0) is 33.6 Å². The van der Waals surface area contributed by atoms with Gasteiger partial charge in [0.2, 0.25) is 0 Å². The van der Waals surface area contributed by atoms with Crippen LogP contribution >= 0.6 is 0 Å². The van der Waals surface area contributed by atoms with Crippen molar-refractivity contribution >= 4 is 11.5 Å². The van der Waals surface area contributed by atoms with Crippen LogP contribution in [0.25, 0.3) is 0 Å². The molecule has 2 atom stereocenters. The Labute approximate surface area is 103 Å². The van der Waals surface area contributed by atoms with Crippen molar-refractivity contribution in [2.24, 2.45) is 5.92 Å². The number of aryl methyl sites for hydroxylation is 1. The summed E-state index contributed by atoms with van der Waals surface area (Å²) in [5.74, 6) is 1.02. The lowest BCUT2D eigenvalue weighted by Crippen LogP contribution is -2.28. The second-order valence-electron chi connectivity index (χ2n) is 4.98. The van der Waals surface area contributed by atoms with Crippen LogP contribution in [0.2, 0.25) is 0 Å². The molecular weight excluding hydrogens is 216 g/mol. The Hall–Kier alpha value is -1.23. The number of nitrogens with zero attached hydrogens (tertiary/aromatic N) is 2. The third-order valence-corrected chi connectivity index (χ3v) is 3.13. The summed E-state index contributed by atoms with van der Waals surface area (Å²) < 4.78 is 1.89. The summed E-state index contributed by atoms with van der Waals surface area (Å²) in [6, 6.07) is 0.404. The molecule has 0 saturated heterocycles. The van der Waals surface area contributed by atoms with E-state index in [0.717, 1.165) is 11.5 Å². The van der Waals surface area contributed by atoms with Crippen LogP contribution in [0.1, 0.15) is 39.4 Å². The molecule has 5 heteroatoms. The summed E-state index contributed by atoms with van der Waals surface area (Å²) in [6.07, 6.45) is 0. The zero-order valence-corrected chi connectivity index (χ0v) is 11.4. The Kier molecular flexibility index (Phi) is 4.40. The molecule has 1 heterocycles. The maximum atomic E-state index is 9.14. The lowest BCUT2D eigenvalue weighted by Gasteiger charge is -2.22. The van der Waals surface area contributed by atoms with E-state index >= 15 is 0 Å². The first kappa shape index (κ1) is 13.8. The van der Waals surface area contributed by atoms with E-state index in [1.807, 2.05) is 25.5 Å². The van der Waals surface area contributed by atoms with Gasteiger partial charge in [0.25, 0.3) is 0 Å². The molecule has 0 aliphatic heterocycles. The molecule has 98 valence electrons. The minimum absolute atomic E-state index is 0.149. The fourth-order valence-electron chi connectivity index (χ4n) is 1.59. The quantitative estimate of drug-likeness (QED) is 0.733. The molecule has 5 nitrogen and oxygen atoms in total. The minimum Gasteiger partial charge on any atom is -0.396 e. The Balaban J connectivity index is 2.96. The maximum Gasteiger partial charge on any atom is 0.148 e. The third-order valence-electron chi connectivity index (χ3n) is 3.13. The van der Waals surface area contributed by atoms with Gasteiger partial charge in [0, 0.05) is 18.7 Å². The summed E-state index contributed by atoms with van der Waals surface area (Å²) in [5, 5.41) is 16.9. The fourth-order valence-corrected chi connectivity index (χ4v) is 1.59. The molecule has 0 aliphatic rings. The molecule has 2 unspecified atom stereocenters. The number of nitrogens with one attached hydrogen (secondary N) is 1. The molecule has 0 spiro atoms. The second-order valence-corrected chi connectivity index (χ2v) is 4.98. The molecule has 4 N–H and O–H groups in total. The van der Waals surface area contributed by atoms with Crippen molar-refractivity contribution in [1.82, 2.24) is 9.78 Å². The van der Waals surface area contributed by atoms with Crippen molar-refractivity contribution in [2.45, 2.75) is 46.7 Å². The first-order valence-electron chi connectivity index (χ1n) is 6.10. The summed E-state index contributed by atoms with van der Waals surface area (Å²) in [4.78, 5) is 0. The highest BCUT2D eigenvalue weighted by molar-refractivity contribution is 5.65. The summed E-state index contributed by atoms with van der Waals surface area (Å²) in [7, 11) is 0. The molecule has 1 aromatic heterocycles. The number of nitrogen functional groups attached to an aromatic ring is 1.